The van der Waals surface area contributed by atoms with E-state index < -0.39 is 17.5 Å². The third-order valence-corrected chi connectivity index (χ3v) is 3.75. The van der Waals surface area contributed by atoms with Gasteiger partial charge in [0.15, 0.2) is 0 Å². The summed E-state index contributed by atoms with van der Waals surface area (Å²) in [6, 6.07) is 6.64. The molecule has 25 heavy (non-hydrogen) atoms. The van der Waals surface area contributed by atoms with Crippen LogP contribution in [0.3, 0.4) is 0 Å². The lowest BCUT2D eigenvalue weighted by atomic mass is 10.1. The second kappa shape index (κ2) is 7.97. The fourth-order valence-corrected chi connectivity index (χ4v) is 2.51. The van der Waals surface area contributed by atoms with Crippen molar-refractivity contribution < 1.29 is 14.3 Å². The first kappa shape index (κ1) is 18.7. The van der Waals surface area contributed by atoms with E-state index >= 15 is 0 Å². The molecule has 0 bridgehead atoms. The molecule has 1 heterocycles. The van der Waals surface area contributed by atoms with Gasteiger partial charge < -0.3 is 10.1 Å². The first-order chi connectivity index (χ1) is 11.8. The zero-order valence-electron chi connectivity index (χ0n) is 14.4. The average molecular weight is 364 g/mol. The maximum absolute atomic E-state index is 11.9. The van der Waals surface area contributed by atoms with Gasteiger partial charge in [0.2, 0.25) is 11.1 Å². The molecule has 0 atom stereocenters. The zero-order chi connectivity index (χ0) is 18.4. The number of rotatable bonds is 5. The normalized spacial score (nSPS) is 11.0. The van der Waals surface area contributed by atoms with Crippen LogP contribution in [-0.2, 0) is 4.79 Å². The Bertz CT molecular complexity index is 738. The summed E-state index contributed by atoms with van der Waals surface area (Å²) in [5.74, 6) is 0.292. The highest BCUT2D eigenvalue weighted by Gasteiger charge is 2.17. The van der Waals surface area contributed by atoms with E-state index in [0.717, 1.165) is 23.2 Å². The summed E-state index contributed by atoms with van der Waals surface area (Å²) in [6.07, 6.45) is 0. The Morgan fingerprint density at radius 2 is 1.92 bits per heavy atom. The fourth-order valence-electron chi connectivity index (χ4n) is 1.82. The van der Waals surface area contributed by atoms with Crippen LogP contribution in [0.1, 0.15) is 20.8 Å². The van der Waals surface area contributed by atoms with Crippen LogP contribution in [0, 0.1) is 0 Å². The number of hydrogen-bond acceptors (Lipinski definition) is 7. The molecule has 0 aliphatic rings. The molecule has 134 valence electrons. The summed E-state index contributed by atoms with van der Waals surface area (Å²) in [5, 5.41) is 16.8. The van der Waals surface area contributed by atoms with Gasteiger partial charge in [-0.15, -0.1) is 5.10 Å². The molecule has 0 spiro atoms. The minimum atomic E-state index is -0.534. The van der Waals surface area contributed by atoms with Gasteiger partial charge in [-0.25, -0.2) is 4.79 Å². The van der Waals surface area contributed by atoms with Gasteiger partial charge in [0.25, 0.3) is 0 Å². The van der Waals surface area contributed by atoms with E-state index in [2.05, 4.69) is 26.2 Å². The number of nitrogens with one attached hydrogen (secondary N) is 2. The molecule has 0 fully saturated rings. The Morgan fingerprint density at radius 1 is 1.24 bits per heavy atom. The van der Waals surface area contributed by atoms with Crippen molar-refractivity contribution in [2.75, 3.05) is 12.9 Å². The molecule has 2 N–H and O–H groups in total. The van der Waals surface area contributed by atoms with E-state index in [1.165, 1.54) is 4.68 Å². The predicted molar refractivity (Wildman–Crippen MR) is 92.9 cm³/mol. The van der Waals surface area contributed by atoms with Crippen LogP contribution in [0.4, 0.5) is 4.79 Å². The standard InChI is InChI=1S/C15H20N6O3S/c1-15(2,3)17-13(23)16-12(22)9-25-14-18-19-20-21(14)10-5-7-11(24-4)8-6-10/h5-8H,9H2,1-4H3,(H2,16,17,22,23). The number of urea groups is 1. The maximum Gasteiger partial charge on any atom is 0.321 e. The summed E-state index contributed by atoms with van der Waals surface area (Å²) in [5.41, 5.74) is 0.315. The van der Waals surface area contributed by atoms with Crippen LogP contribution in [0.15, 0.2) is 29.4 Å². The van der Waals surface area contributed by atoms with Crippen molar-refractivity contribution in [2.45, 2.75) is 31.5 Å². The average Bonchev–Trinajstić information content (AvgIpc) is 2.99. The Morgan fingerprint density at radius 3 is 2.52 bits per heavy atom. The summed E-state index contributed by atoms with van der Waals surface area (Å²) >= 11 is 1.13. The van der Waals surface area contributed by atoms with Gasteiger partial charge in [0, 0.05) is 5.54 Å². The van der Waals surface area contributed by atoms with Gasteiger partial charge >= 0.3 is 6.03 Å². The SMILES string of the molecule is COc1ccc(-n2nnnc2SCC(=O)NC(=O)NC(C)(C)C)cc1. The van der Waals surface area contributed by atoms with Crippen molar-refractivity contribution in [3.8, 4) is 11.4 Å². The van der Waals surface area contributed by atoms with Crippen LogP contribution in [0.25, 0.3) is 5.69 Å². The molecule has 0 saturated carbocycles. The van der Waals surface area contributed by atoms with Gasteiger partial charge in [0.1, 0.15) is 5.75 Å². The molecule has 2 aromatic rings. The number of aromatic nitrogens is 4. The van der Waals surface area contributed by atoms with E-state index in [1.54, 1.807) is 31.4 Å². The van der Waals surface area contributed by atoms with E-state index in [-0.39, 0.29) is 5.75 Å². The number of carbonyl (C=O) groups is 2. The van der Waals surface area contributed by atoms with Crippen LogP contribution in [0.5, 0.6) is 5.75 Å². The van der Waals surface area contributed by atoms with E-state index in [4.69, 9.17) is 4.74 Å². The zero-order valence-corrected chi connectivity index (χ0v) is 15.3. The number of methoxy groups -OCH3 is 1. The Kier molecular flexibility index (Phi) is 5.97. The van der Waals surface area contributed by atoms with E-state index in [9.17, 15) is 9.59 Å². The lowest BCUT2D eigenvalue weighted by Crippen LogP contribution is -2.48. The fraction of sp³-hybridized carbons (Fsp3) is 0.400. The molecule has 0 radical (unpaired) electrons. The molecule has 1 aromatic heterocycles. The lowest BCUT2D eigenvalue weighted by molar-refractivity contribution is -0.117. The second-order valence-electron chi connectivity index (χ2n) is 6.11. The number of thioether (sulfide) groups is 1. The van der Waals surface area contributed by atoms with Gasteiger partial charge in [-0.3, -0.25) is 10.1 Å². The van der Waals surface area contributed by atoms with Crippen LogP contribution in [-0.4, -0.2) is 50.5 Å². The third-order valence-electron chi connectivity index (χ3n) is 2.83. The Balaban J connectivity index is 1.94. The highest BCUT2D eigenvalue weighted by Crippen LogP contribution is 2.20. The number of amides is 3. The molecule has 0 aliphatic heterocycles. The summed E-state index contributed by atoms with van der Waals surface area (Å²) in [7, 11) is 1.59. The van der Waals surface area contributed by atoms with Crippen molar-refractivity contribution in [3.05, 3.63) is 24.3 Å². The highest BCUT2D eigenvalue weighted by atomic mass is 32.2. The van der Waals surface area contributed by atoms with Gasteiger partial charge in [-0.05, 0) is 55.5 Å². The number of carbonyl (C=O) groups excluding carboxylic acids is 2. The maximum atomic E-state index is 11.9. The molecule has 10 heteroatoms. The number of tetrazole rings is 1. The second-order valence-corrected chi connectivity index (χ2v) is 7.05. The topological polar surface area (TPSA) is 111 Å². The number of benzene rings is 1. The number of hydrogen-bond donors (Lipinski definition) is 2. The molecule has 9 nitrogen and oxygen atoms in total. The smallest absolute Gasteiger partial charge is 0.321 e. The van der Waals surface area contributed by atoms with Gasteiger partial charge in [0.05, 0.1) is 18.6 Å². The predicted octanol–water partition coefficient (Wildman–Crippen LogP) is 1.39. The van der Waals surface area contributed by atoms with Crippen LogP contribution < -0.4 is 15.4 Å². The molecule has 0 aliphatic carbocycles. The quantitative estimate of drug-likeness (QED) is 0.771. The first-order valence-corrected chi connectivity index (χ1v) is 8.44. The van der Waals surface area contributed by atoms with Gasteiger partial charge in [-0.1, -0.05) is 11.8 Å². The number of nitrogens with zero attached hydrogens (tertiary/aromatic N) is 4. The first-order valence-electron chi connectivity index (χ1n) is 7.46. The molecule has 0 unspecified atom stereocenters. The number of ether oxygens (including phenoxy) is 1. The minimum absolute atomic E-state index is 0.00803. The van der Waals surface area contributed by atoms with Crippen molar-refractivity contribution in [3.63, 3.8) is 0 Å². The summed E-state index contributed by atoms with van der Waals surface area (Å²) in [4.78, 5) is 23.5. The molecule has 1 aromatic carbocycles. The third kappa shape index (κ3) is 5.75. The molecular formula is C15H20N6O3S. The summed E-state index contributed by atoms with van der Waals surface area (Å²) < 4.78 is 6.62. The Labute approximate surface area is 149 Å². The minimum Gasteiger partial charge on any atom is -0.497 e. The summed E-state index contributed by atoms with van der Waals surface area (Å²) in [6.45, 7) is 5.48. The van der Waals surface area contributed by atoms with Crippen molar-refractivity contribution >= 4 is 23.7 Å². The molecular weight excluding hydrogens is 344 g/mol. The lowest BCUT2D eigenvalue weighted by Gasteiger charge is -2.20. The monoisotopic (exact) mass is 364 g/mol. The van der Waals surface area contributed by atoms with Crippen LogP contribution >= 0.6 is 11.8 Å². The highest BCUT2D eigenvalue weighted by molar-refractivity contribution is 7.99. The molecule has 2 rings (SSSR count). The number of imide groups is 1. The molecule has 0 saturated heterocycles. The van der Waals surface area contributed by atoms with E-state index in [0.29, 0.717) is 5.16 Å². The molecule has 3 amide bonds. The van der Waals surface area contributed by atoms with Gasteiger partial charge in [-0.2, -0.15) is 4.68 Å². The van der Waals surface area contributed by atoms with Crippen molar-refractivity contribution in [1.29, 1.82) is 0 Å². The largest absolute Gasteiger partial charge is 0.497 e. The van der Waals surface area contributed by atoms with Crippen LogP contribution in [0.2, 0.25) is 0 Å². The Hall–Kier alpha value is -2.62. The van der Waals surface area contributed by atoms with Crippen molar-refractivity contribution in [1.82, 2.24) is 30.8 Å². The van der Waals surface area contributed by atoms with Crippen molar-refractivity contribution in [2.24, 2.45) is 0 Å². The van der Waals surface area contributed by atoms with E-state index in [1.807, 2.05) is 20.8 Å².